The quantitative estimate of drug-likeness (QED) is 0.805. The molecule has 0 aliphatic rings. The van der Waals surface area contributed by atoms with Crippen LogP contribution in [0.25, 0.3) is 0 Å². The van der Waals surface area contributed by atoms with Gasteiger partial charge in [0.2, 0.25) is 0 Å². The van der Waals surface area contributed by atoms with Crippen molar-refractivity contribution in [3.63, 3.8) is 0 Å². The summed E-state index contributed by atoms with van der Waals surface area (Å²) in [4.78, 5) is 4.21. The highest BCUT2D eigenvalue weighted by Gasteiger charge is 2.07. The Balaban J connectivity index is 2.62. The van der Waals surface area contributed by atoms with Crippen LogP contribution in [0.1, 0.15) is 33.1 Å². The van der Waals surface area contributed by atoms with Crippen molar-refractivity contribution in [3.8, 4) is 0 Å². The van der Waals surface area contributed by atoms with E-state index >= 15 is 0 Å². The largest absolute Gasteiger partial charge is 0.366 e. The summed E-state index contributed by atoms with van der Waals surface area (Å²) in [5.41, 5.74) is 0. The van der Waals surface area contributed by atoms with E-state index in [2.05, 4.69) is 24.1 Å². The first kappa shape index (κ1) is 11.3. The first-order chi connectivity index (χ1) is 6.77. The van der Waals surface area contributed by atoms with Gasteiger partial charge < -0.3 is 5.32 Å². The van der Waals surface area contributed by atoms with Gasteiger partial charge in [0.25, 0.3) is 0 Å². The molecule has 0 aliphatic carbocycles. The maximum atomic E-state index is 6.00. The fourth-order valence-electron chi connectivity index (χ4n) is 1.41. The Labute approximate surface area is 90.7 Å². The molecule has 0 aliphatic heterocycles. The Bertz CT molecular complexity index is 276. The third-order valence-corrected chi connectivity index (χ3v) is 2.53. The molecule has 1 unspecified atom stereocenters. The molecule has 0 aromatic carbocycles. The van der Waals surface area contributed by atoms with Crippen LogP contribution in [0, 0.1) is 0 Å². The van der Waals surface area contributed by atoms with Crippen LogP contribution in [0.15, 0.2) is 18.3 Å². The summed E-state index contributed by atoms with van der Waals surface area (Å²) in [5.74, 6) is 0.800. The number of nitrogens with one attached hydrogen (secondary N) is 1. The second kappa shape index (κ2) is 5.86. The first-order valence-corrected chi connectivity index (χ1v) is 5.52. The number of anilines is 1. The van der Waals surface area contributed by atoms with Crippen LogP contribution in [-0.4, -0.2) is 11.0 Å². The summed E-state index contributed by atoms with van der Waals surface area (Å²) in [6.45, 7) is 4.36. The summed E-state index contributed by atoms with van der Waals surface area (Å²) in [6, 6.07) is 4.18. The Kier molecular flexibility index (Phi) is 4.74. The summed E-state index contributed by atoms with van der Waals surface area (Å²) < 4.78 is 0. The predicted octanol–water partition coefficient (Wildman–Crippen LogP) is 3.73. The van der Waals surface area contributed by atoms with Gasteiger partial charge in [-0.1, -0.05) is 31.9 Å². The molecule has 0 saturated heterocycles. The number of aromatic nitrogens is 1. The minimum Gasteiger partial charge on any atom is -0.366 e. The van der Waals surface area contributed by atoms with Gasteiger partial charge in [0, 0.05) is 12.2 Å². The van der Waals surface area contributed by atoms with Gasteiger partial charge in [0.1, 0.15) is 5.82 Å². The van der Waals surface area contributed by atoms with Gasteiger partial charge in [-0.2, -0.15) is 0 Å². The molecule has 1 aromatic rings. The van der Waals surface area contributed by atoms with E-state index in [4.69, 9.17) is 11.6 Å². The van der Waals surface area contributed by atoms with Crippen molar-refractivity contribution in [2.24, 2.45) is 0 Å². The summed E-state index contributed by atoms with van der Waals surface area (Å²) in [7, 11) is 0. The van der Waals surface area contributed by atoms with Crippen molar-refractivity contribution in [1.82, 2.24) is 4.98 Å². The molecule has 78 valence electrons. The zero-order valence-corrected chi connectivity index (χ0v) is 9.51. The Morgan fingerprint density at radius 1 is 1.50 bits per heavy atom. The molecular formula is C11H17ClN2. The van der Waals surface area contributed by atoms with Crippen LogP contribution in [-0.2, 0) is 0 Å². The van der Waals surface area contributed by atoms with Crippen LogP contribution in [0.4, 0.5) is 5.82 Å². The van der Waals surface area contributed by atoms with Crippen LogP contribution >= 0.6 is 11.6 Å². The Hall–Kier alpha value is -0.760. The Morgan fingerprint density at radius 2 is 2.29 bits per heavy atom. The number of rotatable bonds is 5. The highest BCUT2D eigenvalue weighted by atomic mass is 35.5. The van der Waals surface area contributed by atoms with Crippen LogP contribution < -0.4 is 5.32 Å². The van der Waals surface area contributed by atoms with Gasteiger partial charge in [-0.25, -0.2) is 4.98 Å². The highest BCUT2D eigenvalue weighted by Crippen LogP contribution is 2.19. The third-order valence-electron chi connectivity index (χ3n) is 2.23. The highest BCUT2D eigenvalue weighted by molar-refractivity contribution is 6.32. The van der Waals surface area contributed by atoms with Crippen molar-refractivity contribution < 1.29 is 0 Å². The van der Waals surface area contributed by atoms with E-state index in [9.17, 15) is 0 Å². The van der Waals surface area contributed by atoms with Gasteiger partial charge in [0.15, 0.2) is 0 Å². The van der Waals surface area contributed by atoms with Gasteiger partial charge in [0.05, 0.1) is 5.02 Å². The van der Waals surface area contributed by atoms with Gasteiger partial charge in [-0.05, 0) is 25.0 Å². The number of halogens is 1. The summed E-state index contributed by atoms with van der Waals surface area (Å²) in [5, 5.41) is 4.05. The number of nitrogens with zero attached hydrogens (tertiary/aromatic N) is 1. The average molecular weight is 213 g/mol. The number of pyridine rings is 1. The lowest BCUT2D eigenvalue weighted by molar-refractivity contribution is 0.620. The third kappa shape index (κ3) is 3.18. The minimum atomic E-state index is 0.479. The van der Waals surface area contributed by atoms with E-state index in [1.54, 1.807) is 6.20 Å². The molecule has 1 heterocycles. The lowest BCUT2D eigenvalue weighted by Gasteiger charge is -2.17. The van der Waals surface area contributed by atoms with E-state index in [1.165, 1.54) is 6.42 Å². The van der Waals surface area contributed by atoms with E-state index < -0.39 is 0 Å². The second-order valence-electron chi connectivity index (χ2n) is 3.37. The maximum absolute atomic E-state index is 6.00. The minimum absolute atomic E-state index is 0.479. The maximum Gasteiger partial charge on any atom is 0.144 e. The molecule has 14 heavy (non-hydrogen) atoms. The van der Waals surface area contributed by atoms with Crippen LogP contribution in [0.3, 0.4) is 0 Å². The monoisotopic (exact) mass is 212 g/mol. The van der Waals surface area contributed by atoms with E-state index in [0.29, 0.717) is 11.1 Å². The molecule has 1 rings (SSSR count). The van der Waals surface area contributed by atoms with Crippen molar-refractivity contribution >= 4 is 17.4 Å². The fourth-order valence-corrected chi connectivity index (χ4v) is 1.59. The van der Waals surface area contributed by atoms with Crippen LogP contribution in [0.5, 0.6) is 0 Å². The molecule has 3 heteroatoms. The molecule has 1 atom stereocenters. The lowest BCUT2D eigenvalue weighted by Crippen LogP contribution is -2.18. The van der Waals surface area contributed by atoms with Gasteiger partial charge >= 0.3 is 0 Å². The van der Waals surface area contributed by atoms with Crippen molar-refractivity contribution in [2.75, 3.05) is 5.32 Å². The topological polar surface area (TPSA) is 24.9 Å². The fraction of sp³-hybridized carbons (Fsp3) is 0.545. The second-order valence-corrected chi connectivity index (χ2v) is 3.78. The first-order valence-electron chi connectivity index (χ1n) is 5.15. The van der Waals surface area contributed by atoms with Crippen molar-refractivity contribution in [2.45, 2.75) is 39.2 Å². The molecule has 1 N–H and O–H groups in total. The Morgan fingerprint density at radius 3 is 2.86 bits per heavy atom. The smallest absolute Gasteiger partial charge is 0.144 e. The zero-order valence-electron chi connectivity index (χ0n) is 8.76. The normalized spacial score (nSPS) is 12.5. The molecule has 2 nitrogen and oxygen atoms in total. The molecule has 0 fully saturated rings. The standard InChI is InChI=1S/C11H17ClN2/c1-3-6-9(4-2)14-11-10(12)7-5-8-13-11/h5,7-9H,3-4,6H2,1-2H3,(H,13,14). The average Bonchev–Trinajstić information content (AvgIpc) is 2.20. The summed E-state index contributed by atoms with van der Waals surface area (Å²) in [6.07, 6.45) is 5.19. The molecule has 0 saturated carbocycles. The van der Waals surface area contributed by atoms with E-state index in [-0.39, 0.29) is 0 Å². The van der Waals surface area contributed by atoms with Crippen LogP contribution in [0.2, 0.25) is 5.02 Å². The van der Waals surface area contributed by atoms with E-state index in [1.807, 2.05) is 12.1 Å². The predicted molar refractivity (Wildman–Crippen MR) is 61.9 cm³/mol. The van der Waals surface area contributed by atoms with Crippen molar-refractivity contribution in [1.29, 1.82) is 0 Å². The SMILES string of the molecule is CCCC(CC)Nc1ncccc1Cl. The number of hydrogen-bond acceptors (Lipinski definition) is 2. The lowest BCUT2D eigenvalue weighted by atomic mass is 10.1. The zero-order chi connectivity index (χ0) is 10.4. The van der Waals surface area contributed by atoms with Gasteiger partial charge in [-0.3, -0.25) is 0 Å². The number of hydrogen-bond donors (Lipinski definition) is 1. The summed E-state index contributed by atoms with van der Waals surface area (Å²) >= 11 is 6.00. The molecule has 1 aromatic heterocycles. The van der Waals surface area contributed by atoms with Gasteiger partial charge in [-0.15, -0.1) is 0 Å². The molecule has 0 amide bonds. The van der Waals surface area contributed by atoms with E-state index in [0.717, 1.165) is 18.7 Å². The molecule has 0 radical (unpaired) electrons. The molecule has 0 bridgehead atoms. The molecule has 0 spiro atoms. The van der Waals surface area contributed by atoms with Crippen molar-refractivity contribution in [3.05, 3.63) is 23.4 Å². The molecular weight excluding hydrogens is 196 g/mol.